The summed E-state index contributed by atoms with van der Waals surface area (Å²) < 4.78 is 0. The van der Waals surface area contributed by atoms with E-state index >= 15 is 0 Å². The van der Waals surface area contributed by atoms with E-state index in [1.165, 1.54) is 11.2 Å². The number of nitrogens with one attached hydrogen (secondary N) is 1. The molecule has 1 unspecified atom stereocenters. The van der Waals surface area contributed by atoms with Crippen LogP contribution in [0.15, 0.2) is 0 Å². The molecule has 1 rings (SSSR count). The van der Waals surface area contributed by atoms with E-state index in [1.54, 1.807) is 7.05 Å². The molecule has 5 nitrogen and oxygen atoms in total. The van der Waals surface area contributed by atoms with Crippen molar-refractivity contribution in [3.05, 3.63) is 5.82 Å². The maximum Gasteiger partial charge on any atom is 0.176 e. The first-order valence-electron chi connectivity index (χ1n) is 5.72. The topological polar surface area (TPSA) is 55.6 Å². The van der Waals surface area contributed by atoms with Crippen LogP contribution in [0.4, 0.5) is 0 Å². The molecular formula is C10H21N5. The molecule has 0 aliphatic rings. The van der Waals surface area contributed by atoms with Crippen LogP contribution in [0.2, 0.25) is 0 Å². The lowest BCUT2D eigenvalue weighted by Crippen LogP contribution is -2.32. The Bertz CT molecular complexity index is 271. The number of hydrogen-bond acceptors (Lipinski definition) is 4. The first-order valence-corrected chi connectivity index (χ1v) is 5.72. The normalized spacial score (nSPS) is 13.0. The minimum atomic E-state index is 0.485. The second kappa shape index (κ2) is 6.50. The van der Waals surface area contributed by atoms with Gasteiger partial charge in [0.15, 0.2) is 5.82 Å². The molecule has 15 heavy (non-hydrogen) atoms. The van der Waals surface area contributed by atoms with Gasteiger partial charge in [0.2, 0.25) is 0 Å². The van der Waals surface area contributed by atoms with Gasteiger partial charge in [-0.25, -0.2) is 0 Å². The van der Waals surface area contributed by atoms with E-state index in [1.807, 2.05) is 0 Å². The zero-order valence-electron chi connectivity index (χ0n) is 9.90. The minimum Gasteiger partial charge on any atom is -0.314 e. The van der Waals surface area contributed by atoms with Crippen molar-refractivity contribution in [3.63, 3.8) is 0 Å². The maximum atomic E-state index is 4.20. The molecule has 0 amide bonds. The smallest absolute Gasteiger partial charge is 0.176 e. The molecule has 1 N–H and O–H groups in total. The van der Waals surface area contributed by atoms with Gasteiger partial charge in [-0.3, -0.25) is 0 Å². The number of nitrogens with zero attached hydrogens (tertiary/aromatic N) is 4. The molecule has 0 aliphatic heterocycles. The summed E-state index contributed by atoms with van der Waals surface area (Å²) in [6, 6.07) is 0.485. The number of tetrazole rings is 1. The summed E-state index contributed by atoms with van der Waals surface area (Å²) >= 11 is 0. The summed E-state index contributed by atoms with van der Waals surface area (Å²) in [5.74, 6) is 0.833. The Kier molecular flexibility index (Phi) is 5.25. The van der Waals surface area contributed by atoms with Crippen molar-refractivity contribution in [2.24, 2.45) is 7.05 Å². The largest absolute Gasteiger partial charge is 0.314 e. The van der Waals surface area contributed by atoms with Gasteiger partial charge in [-0.05, 0) is 24.6 Å². The van der Waals surface area contributed by atoms with E-state index in [2.05, 4.69) is 34.6 Å². The summed E-state index contributed by atoms with van der Waals surface area (Å²) in [6.45, 7) is 5.44. The van der Waals surface area contributed by atoms with Crippen molar-refractivity contribution in [2.45, 2.75) is 45.6 Å². The third-order valence-electron chi connectivity index (χ3n) is 2.30. The Morgan fingerprint density at radius 1 is 1.33 bits per heavy atom. The predicted molar refractivity (Wildman–Crippen MR) is 59.5 cm³/mol. The van der Waals surface area contributed by atoms with Crippen LogP contribution in [0, 0.1) is 0 Å². The number of hydrogen-bond donors (Lipinski definition) is 1. The highest BCUT2D eigenvalue weighted by Crippen LogP contribution is 2.02. The number of aromatic nitrogens is 4. The van der Waals surface area contributed by atoms with E-state index in [-0.39, 0.29) is 0 Å². The fourth-order valence-corrected chi connectivity index (χ4v) is 1.60. The van der Waals surface area contributed by atoms with Crippen LogP contribution in [0.25, 0.3) is 0 Å². The van der Waals surface area contributed by atoms with Gasteiger partial charge in [0.1, 0.15) is 0 Å². The van der Waals surface area contributed by atoms with Crippen molar-refractivity contribution < 1.29 is 0 Å². The molecule has 5 heteroatoms. The fraction of sp³-hybridized carbons (Fsp3) is 0.900. The highest BCUT2D eigenvalue weighted by molar-refractivity contribution is 4.84. The Labute approximate surface area is 91.2 Å². The number of aryl methyl sites for hydroxylation is 1. The zero-order valence-corrected chi connectivity index (χ0v) is 9.90. The van der Waals surface area contributed by atoms with Gasteiger partial charge in [-0.2, -0.15) is 4.80 Å². The SMILES string of the molecule is CCCNC(CCC)Cc1nnn(C)n1. The van der Waals surface area contributed by atoms with Crippen LogP contribution >= 0.6 is 0 Å². The first kappa shape index (κ1) is 12.1. The first-order chi connectivity index (χ1) is 7.26. The summed E-state index contributed by atoms with van der Waals surface area (Å²) in [5, 5.41) is 15.6. The Hall–Kier alpha value is -0.970. The maximum absolute atomic E-state index is 4.20. The molecule has 0 bridgehead atoms. The third kappa shape index (κ3) is 4.38. The zero-order chi connectivity index (χ0) is 11.1. The van der Waals surface area contributed by atoms with Gasteiger partial charge < -0.3 is 5.32 Å². The highest BCUT2D eigenvalue weighted by atomic mass is 15.6. The molecule has 1 atom stereocenters. The molecule has 86 valence electrons. The van der Waals surface area contributed by atoms with E-state index in [9.17, 15) is 0 Å². The minimum absolute atomic E-state index is 0.485. The van der Waals surface area contributed by atoms with E-state index in [0.717, 1.165) is 31.6 Å². The molecule has 0 radical (unpaired) electrons. The van der Waals surface area contributed by atoms with Crippen LogP contribution in [0.3, 0.4) is 0 Å². The molecule has 0 fully saturated rings. The quantitative estimate of drug-likeness (QED) is 0.728. The lowest BCUT2D eigenvalue weighted by Gasteiger charge is -2.15. The standard InChI is InChI=1S/C10H21N5/c1-4-6-9(11-7-5-2)8-10-12-14-15(3)13-10/h9,11H,4-8H2,1-3H3. The predicted octanol–water partition coefficient (Wildman–Crippen LogP) is 0.921. The van der Waals surface area contributed by atoms with Crippen molar-refractivity contribution in [3.8, 4) is 0 Å². The molecule has 1 heterocycles. The summed E-state index contributed by atoms with van der Waals surface area (Å²) in [7, 11) is 1.80. The van der Waals surface area contributed by atoms with Gasteiger partial charge in [0.05, 0.1) is 7.05 Å². The lowest BCUT2D eigenvalue weighted by atomic mass is 10.1. The Morgan fingerprint density at radius 3 is 2.67 bits per heavy atom. The summed E-state index contributed by atoms with van der Waals surface area (Å²) in [6.07, 6.45) is 4.38. The van der Waals surface area contributed by atoms with Gasteiger partial charge >= 0.3 is 0 Å². The highest BCUT2D eigenvalue weighted by Gasteiger charge is 2.10. The summed E-state index contributed by atoms with van der Waals surface area (Å²) in [5.41, 5.74) is 0. The molecule has 0 aromatic carbocycles. The van der Waals surface area contributed by atoms with Gasteiger partial charge in [-0.1, -0.05) is 20.3 Å². The Morgan fingerprint density at radius 2 is 2.13 bits per heavy atom. The molecule has 0 aliphatic carbocycles. The summed E-state index contributed by atoms with van der Waals surface area (Å²) in [4.78, 5) is 1.51. The number of rotatable bonds is 7. The van der Waals surface area contributed by atoms with E-state index < -0.39 is 0 Å². The van der Waals surface area contributed by atoms with Crippen molar-refractivity contribution in [1.29, 1.82) is 0 Å². The lowest BCUT2D eigenvalue weighted by molar-refractivity contribution is 0.464. The fourth-order valence-electron chi connectivity index (χ4n) is 1.60. The molecule has 0 saturated carbocycles. The average molecular weight is 211 g/mol. The van der Waals surface area contributed by atoms with E-state index in [0.29, 0.717) is 6.04 Å². The van der Waals surface area contributed by atoms with E-state index in [4.69, 9.17) is 0 Å². The second-order valence-corrected chi connectivity index (χ2v) is 3.84. The molecular weight excluding hydrogens is 190 g/mol. The monoisotopic (exact) mass is 211 g/mol. The van der Waals surface area contributed by atoms with Crippen LogP contribution in [0.1, 0.15) is 38.9 Å². The second-order valence-electron chi connectivity index (χ2n) is 3.84. The van der Waals surface area contributed by atoms with Crippen LogP contribution in [0.5, 0.6) is 0 Å². The van der Waals surface area contributed by atoms with Crippen LogP contribution in [-0.4, -0.2) is 32.8 Å². The average Bonchev–Trinajstić information content (AvgIpc) is 2.61. The molecule has 1 aromatic heterocycles. The third-order valence-corrected chi connectivity index (χ3v) is 2.30. The van der Waals surface area contributed by atoms with Crippen LogP contribution in [-0.2, 0) is 13.5 Å². The molecule has 0 spiro atoms. The Balaban J connectivity index is 2.42. The van der Waals surface area contributed by atoms with Crippen molar-refractivity contribution >= 4 is 0 Å². The molecule has 1 aromatic rings. The van der Waals surface area contributed by atoms with Crippen molar-refractivity contribution in [1.82, 2.24) is 25.5 Å². The van der Waals surface area contributed by atoms with Crippen molar-refractivity contribution in [2.75, 3.05) is 6.54 Å². The van der Waals surface area contributed by atoms with Gasteiger partial charge in [0, 0.05) is 12.5 Å². The van der Waals surface area contributed by atoms with Gasteiger partial charge in [0.25, 0.3) is 0 Å². The van der Waals surface area contributed by atoms with Crippen LogP contribution < -0.4 is 5.32 Å². The molecule has 0 saturated heterocycles. The van der Waals surface area contributed by atoms with Gasteiger partial charge in [-0.15, -0.1) is 10.2 Å².